The van der Waals surface area contributed by atoms with E-state index in [-0.39, 0.29) is 32.2 Å². The largest absolute Gasteiger partial charge is 0.491 e. The normalized spacial score (nSPS) is 10.5. The maximum absolute atomic E-state index is 12.2. The van der Waals surface area contributed by atoms with Gasteiger partial charge in [0.1, 0.15) is 30.5 Å². The summed E-state index contributed by atoms with van der Waals surface area (Å²) in [7, 11) is 0. The first-order valence-electron chi connectivity index (χ1n) is 8.88. The molecule has 2 aromatic carbocycles. The van der Waals surface area contributed by atoms with Crippen LogP contribution in [0.4, 0.5) is 0 Å². The third kappa shape index (κ3) is 7.25. The summed E-state index contributed by atoms with van der Waals surface area (Å²) in [5, 5.41) is 17.6. The molecule has 5 nitrogen and oxygen atoms in total. The van der Waals surface area contributed by atoms with Crippen molar-refractivity contribution in [3.8, 4) is 11.5 Å². The SMILES string of the molecule is O=C(CCc1cccc(OCCO)c1)CCc1cccc(OCCO)c1. The summed E-state index contributed by atoms with van der Waals surface area (Å²) in [5.74, 6) is 1.64. The average molecular weight is 358 g/mol. The second-order valence-corrected chi connectivity index (χ2v) is 5.98. The van der Waals surface area contributed by atoms with Gasteiger partial charge in [-0.1, -0.05) is 24.3 Å². The van der Waals surface area contributed by atoms with E-state index in [4.69, 9.17) is 19.7 Å². The molecule has 0 aromatic heterocycles. The van der Waals surface area contributed by atoms with Gasteiger partial charge in [-0.2, -0.15) is 0 Å². The molecule has 0 unspecified atom stereocenters. The summed E-state index contributed by atoms with van der Waals surface area (Å²) in [6, 6.07) is 15.2. The van der Waals surface area contributed by atoms with Crippen LogP contribution in [-0.2, 0) is 17.6 Å². The lowest BCUT2D eigenvalue weighted by Crippen LogP contribution is -2.04. The van der Waals surface area contributed by atoms with Crippen molar-refractivity contribution in [1.29, 1.82) is 0 Å². The molecule has 2 aromatic rings. The van der Waals surface area contributed by atoms with Crippen LogP contribution in [0.25, 0.3) is 0 Å². The van der Waals surface area contributed by atoms with Gasteiger partial charge < -0.3 is 19.7 Å². The third-order valence-corrected chi connectivity index (χ3v) is 3.90. The minimum Gasteiger partial charge on any atom is -0.491 e. The summed E-state index contributed by atoms with van der Waals surface area (Å²) in [4.78, 5) is 12.2. The Bertz CT molecular complexity index is 626. The van der Waals surface area contributed by atoms with Crippen LogP contribution in [0.15, 0.2) is 48.5 Å². The van der Waals surface area contributed by atoms with Crippen molar-refractivity contribution in [2.24, 2.45) is 0 Å². The fraction of sp³-hybridized carbons (Fsp3) is 0.381. The van der Waals surface area contributed by atoms with Gasteiger partial charge in [-0.05, 0) is 48.2 Å². The Labute approximate surface area is 154 Å². The molecule has 0 spiro atoms. The molecule has 0 saturated heterocycles. The lowest BCUT2D eigenvalue weighted by Gasteiger charge is -2.08. The van der Waals surface area contributed by atoms with E-state index in [0.29, 0.717) is 37.2 Å². The van der Waals surface area contributed by atoms with E-state index in [2.05, 4.69) is 0 Å². The Morgan fingerprint density at radius 1 is 0.769 bits per heavy atom. The van der Waals surface area contributed by atoms with Crippen molar-refractivity contribution in [2.45, 2.75) is 25.7 Å². The number of aliphatic hydroxyl groups is 2. The smallest absolute Gasteiger partial charge is 0.133 e. The maximum Gasteiger partial charge on any atom is 0.133 e. The molecular weight excluding hydrogens is 332 g/mol. The molecule has 0 aliphatic carbocycles. The lowest BCUT2D eigenvalue weighted by atomic mass is 10.0. The van der Waals surface area contributed by atoms with Crippen molar-refractivity contribution in [2.75, 3.05) is 26.4 Å². The van der Waals surface area contributed by atoms with Crippen LogP contribution in [0, 0.1) is 0 Å². The van der Waals surface area contributed by atoms with Gasteiger partial charge >= 0.3 is 0 Å². The molecular formula is C21H26O5. The van der Waals surface area contributed by atoms with E-state index >= 15 is 0 Å². The van der Waals surface area contributed by atoms with Gasteiger partial charge in [-0.3, -0.25) is 4.79 Å². The van der Waals surface area contributed by atoms with Crippen molar-refractivity contribution in [1.82, 2.24) is 0 Å². The molecule has 26 heavy (non-hydrogen) atoms. The summed E-state index contributed by atoms with van der Waals surface area (Å²) < 4.78 is 10.8. The Kier molecular flexibility index (Phi) is 8.66. The van der Waals surface area contributed by atoms with E-state index in [0.717, 1.165) is 11.1 Å². The second-order valence-electron chi connectivity index (χ2n) is 5.98. The fourth-order valence-corrected chi connectivity index (χ4v) is 2.60. The number of hydrogen-bond donors (Lipinski definition) is 2. The third-order valence-electron chi connectivity index (χ3n) is 3.90. The predicted octanol–water partition coefficient (Wildman–Crippen LogP) is 2.56. The zero-order valence-electron chi connectivity index (χ0n) is 14.9. The maximum atomic E-state index is 12.2. The molecule has 0 heterocycles. The second kappa shape index (κ2) is 11.3. The van der Waals surface area contributed by atoms with Crippen molar-refractivity contribution in [3.63, 3.8) is 0 Å². The van der Waals surface area contributed by atoms with E-state index in [1.807, 2.05) is 48.5 Å². The van der Waals surface area contributed by atoms with Gasteiger partial charge in [-0.25, -0.2) is 0 Å². The standard InChI is InChI=1S/C21H26O5/c22-11-13-25-20-5-1-3-17(15-20)7-9-19(24)10-8-18-4-2-6-21(16-18)26-14-12-23/h1-6,15-16,22-23H,7-14H2. The molecule has 0 aliphatic heterocycles. The van der Waals surface area contributed by atoms with Crippen molar-refractivity contribution < 1.29 is 24.5 Å². The summed E-state index contributed by atoms with van der Waals surface area (Å²) in [6.45, 7) is 0.497. The number of benzene rings is 2. The zero-order valence-corrected chi connectivity index (χ0v) is 14.9. The van der Waals surface area contributed by atoms with Crippen molar-refractivity contribution >= 4 is 5.78 Å². The number of carbonyl (C=O) groups is 1. The highest BCUT2D eigenvalue weighted by Gasteiger charge is 2.06. The van der Waals surface area contributed by atoms with Gasteiger partial charge in [0.15, 0.2) is 0 Å². The van der Waals surface area contributed by atoms with Gasteiger partial charge in [-0.15, -0.1) is 0 Å². The minimum absolute atomic E-state index is 0.0189. The van der Waals surface area contributed by atoms with Crippen LogP contribution in [0.1, 0.15) is 24.0 Å². The van der Waals surface area contributed by atoms with Crippen LogP contribution in [-0.4, -0.2) is 42.4 Å². The number of carbonyl (C=O) groups excluding carboxylic acids is 1. The minimum atomic E-state index is -0.0189. The topological polar surface area (TPSA) is 76.0 Å². The molecule has 0 saturated carbocycles. The first kappa shape index (κ1) is 19.9. The molecule has 2 rings (SSSR count). The van der Waals surface area contributed by atoms with Gasteiger partial charge in [0, 0.05) is 12.8 Å². The molecule has 5 heteroatoms. The Morgan fingerprint density at radius 3 is 1.65 bits per heavy atom. The van der Waals surface area contributed by atoms with Gasteiger partial charge in [0.2, 0.25) is 0 Å². The van der Waals surface area contributed by atoms with E-state index < -0.39 is 0 Å². The predicted molar refractivity (Wildman–Crippen MR) is 99.7 cm³/mol. The van der Waals surface area contributed by atoms with Crippen LogP contribution in [0.5, 0.6) is 11.5 Å². The first-order chi connectivity index (χ1) is 12.7. The van der Waals surface area contributed by atoms with Crippen LogP contribution >= 0.6 is 0 Å². The van der Waals surface area contributed by atoms with Crippen LogP contribution in [0.3, 0.4) is 0 Å². The first-order valence-corrected chi connectivity index (χ1v) is 8.88. The monoisotopic (exact) mass is 358 g/mol. The summed E-state index contributed by atoms with van der Waals surface area (Å²) >= 11 is 0. The highest BCUT2D eigenvalue weighted by Crippen LogP contribution is 2.17. The Balaban J connectivity index is 1.77. The Hall–Kier alpha value is -2.37. The molecule has 0 bridgehead atoms. The van der Waals surface area contributed by atoms with Crippen LogP contribution in [0.2, 0.25) is 0 Å². The fourth-order valence-electron chi connectivity index (χ4n) is 2.60. The number of ketones is 1. The molecule has 2 N–H and O–H groups in total. The number of hydrogen-bond acceptors (Lipinski definition) is 5. The number of aliphatic hydroxyl groups excluding tert-OH is 2. The summed E-state index contributed by atoms with van der Waals surface area (Å²) in [6.07, 6.45) is 2.33. The van der Waals surface area contributed by atoms with E-state index in [9.17, 15) is 4.79 Å². The van der Waals surface area contributed by atoms with Gasteiger partial charge in [0.05, 0.1) is 13.2 Å². The zero-order chi connectivity index (χ0) is 18.6. The van der Waals surface area contributed by atoms with Crippen molar-refractivity contribution in [3.05, 3.63) is 59.7 Å². The van der Waals surface area contributed by atoms with Gasteiger partial charge in [0.25, 0.3) is 0 Å². The van der Waals surface area contributed by atoms with Crippen LogP contribution < -0.4 is 9.47 Å². The molecule has 0 radical (unpaired) electrons. The number of aryl methyl sites for hydroxylation is 2. The lowest BCUT2D eigenvalue weighted by molar-refractivity contribution is -0.119. The molecule has 0 aliphatic rings. The molecule has 140 valence electrons. The highest BCUT2D eigenvalue weighted by atomic mass is 16.5. The number of ether oxygens (including phenoxy) is 2. The Morgan fingerprint density at radius 2 is 1.23 bits per heavy atom. The quantitative estimate of drug-likeness (QED) is 0.610. The number of rotatable bonds is 12. The summed E-state index contributed by atoms with van der Waals surface area (Å²) in [5.41, 5.74) is 2.10. The average Bonchev–Trinajstić information content (AvgIpc) is 2.68. The molecule has 0 amide bonds. The van der Waals surface area contributed by atoms with E-state index in [1.54, 1.807) is 0 Å². The highest BCUT2D eigenvalue weighted by molar-refractivity contribution is 5.78. The molecule has 0 fully saturated rings. The molecule has 0 atom stereocenters. The number of Topliss-reactive ketones (excluding diaryl/α,β-unsaturated/α-hetero) is 1. The van der Waals surface area contributed by atoms with E-state index in [1.165, 1.54) is 0 Å².